The highest BCUT2D eigenvalue weighted by Gasteiger charge is 2.44. The summed E-state index contributed by atoms with van der Waals surface area (Å²) in [7, 11) is 1.40. The summed E-state index contributed by atoms with van der Waals surface area (Å²) in [6.45, 7) is 4.29. The summed E-state index contributed by atoms with van der Waals surface area (Å²) < 4.78 is 7.10. The van der Waals surface area contributed by atoms with E-state index in [1.807, 2.05) is 42.6 Å². The van der Waals surface area contributed by atoms with Gasteiger partial charge in [0.2, 0.25) is 0 Å². The third-order valence-electron chi connectivity index (χ3n) is 7.19. The second-order valence-electron chi connectivity index (χ2n) is 9.17. The maximum absolute atomic E-state index is 11.9. The maximum Gasteiger partial charge on any atom is 0.337 e. The SMILES string of the molecule is COC(=O)c1ccc(-n2c(C)cc(C3C(c4ccccn4)NC(=S)N3C3CCCC3)c2C)cc1. The standard InChI is InChI=1S/C27H30N4O2S/c1-17-16-22(18(2)30(17)21-13-11-19(12-14-21)26(32)33-3)25-24(23-10-6-7-15-28-23)29-27(34)31(25)20-8-4-5-9-20/h6-7,10-16,20,24-25H,4-5,8-9H2,1-3H3,(H,29,34). The molecule has 2 atom stereocenters. The Bertz CT molecular complexity index is 1200. The molecule has 0 spiro atoms. The minimum Gasteiger partial charge on any atom is -0.465 e. The number of aromatic nitrogens is 2. The van der Waals surface area contributed by atoms with Crippen LogP contribution in [0.3, 0.4) is 0 Å². The molecule has 7 heteroatoms. The topological polar surface area (TPSA) is 59.4 Å². The van der Waals surface area contributed by atoms with Crippen LogP contribution in [-0.4, -0.2) is 38.7 Å². The Balaban J connectivity index is 1.58. The fourth-order valence-electron chi connectivity index (χ4n) is 5.62. The first-order valence-electron chi connectivity index (χ1n) is 11.9. The third kappa shape index (κ3) is 3.88. The van der Waals surface area contributed by atoms with Crippen LogP contribution in [0.25, 0.3) is 5.69 Å². The molecule has 2 unspecified atom stereocenters. The summed E-state index contributed by atoms with van der Waals surface area (Å²) in [5.74, 6) is -0.330. The average molecular weight is 475 g/mol. The predicted molar refractivity (Wildman–Crippen MR) is 136 cm³/mol. The van der Waals surface area contributed by atoms with Gasteiger partial charge in [0.1, 0.15) is 0 Å². The Hall–Kier alpha value is -3.19. The van der Waals surface area contributed by atoms with Gasteiger partial charge < -0.3 is 19.5 Å². The van der Waals surface area contributed by atoms with Gasteiger partial charge in [-0.1, -0.05) is 18.9 Å². The molecule has 2 fully saturated rings. The highest BCUT2D eigenvalue weighted by Crippen LogP contribution is 2.44. The van der Waals surface area contributed by atoms with E-state index in [2.05, 4.69) is 45.7 Å². The molecule has 1 saturated carbocycles. The summed E-state index contributed by atoms with van der Waals surface area (Å²) in [6, 6.07) is 16.4. The number of methoxy groups -OCH3 is 1. The lowest BCUT2D eigenvalue weighted by molar-refractivity contribution is 0.0600. The zero-order valence-corrected chi connectivity index (χ0v) is 20.6. The average Bonchev–Trinajstić information content (AvgIpc) is 3.57. The molecule has 3 heterocycles. The molecule has 1 N–H and O–H groups in total. The van der Waals surface area contributed by atoms with Gasteiger partial charge in [0, 0.05) is 29.3 Å². The fraction of sp³-hybridized carbons (Fsp3) is 0.370. The Morgan fingerprint density at radius 3 is 2.50 bits per heavy atom. The minimum absolute atomic E-state index is 0.00931. The molecule has 5 rings (SSSR count). The van der Waals surface area contributed by atoms with Gasteiger partial charge in [-0.15, -0.1) is 0 Å². The largest absolute Gasteiger partial charge is 0.465 e. The van der Waals surface area contributed by atoms with Gasteiger partial charge in [-0.3, -0.25) is 4.98 Å². The highest BCUT2D eigenvalue weighted by molar-refractivity contribution is 7.80. The van der Waals surface area contributed by atoms with Gasteiger partial charge in [0.05, 0.1) is 30.5 Å². The van der Waals surface area contributed by atoms with E-state index < -0.39 is 0 Å². The van der Waals surface area contributed by atoms with Crippen LogP contribution in [0.4, 0.5) is 0 Å². The Morgan fingerprint density at radius 1 is 1.12 bits per heavy atom. The number of benzene rings is 1. The number of hydrogen-bond acceptors (Lipinski definition) is 4. The molecule has 1 aromatic carbocycles. The van der Waals surface area contributed by atoms with Crippen LogP contribution in [0.1, 0.15) is 70.8 Å². The molecular formula is C27H30N4O2S. The number of hydrogen-bond donors (Lipinski definition) is 1. The lowest BCUT2D eigenvalue weighted by Crippen LogP contribution is -2.37. The van der Waals surface area contributed by atoms with E-state index in [0.29, 0.717) is 11.6 Å². The first-order chi connectivity index (χ1) is 16.5. The van der Waals surface area contributed by atoms with Gasteiger partial charge in [0.25, 0.3) is 0 Å². The van der Waals surface area contributed by atoms with Crippen LogP contribution < -0.4 is 5.32 Å². The Kier molecular flexibility index (Phi) is 6.13. The number of nitrogens with zero attached hydrogens (tertiary/aromatic N) is 3. The molecule has 0 amide bonds. The highest BCUT2D eigenvalue weighted by atomic mass is 32.1. The van der Waals surface area contributed by atoms with Crippen LogP contribution in [0, 0.1) is 13.8 Å². The number of esters is 1. The molecule has 3 aromatic rings. The Morgan fingerprint density at radius 2 is 1.85 bits per heavy atom. The molecule has 176 valence electrons. The summed E-state index contributed by atoms with van der Waals surface area (Å²) >= 11 is 5.89. The van der Waals surface area contributed by atoms with Crippen molar-refractivity contribution in [3.05, 3.63) is 82.9 Å². The van der Waals surface area contributed by atoms with Crippen molar-refractivity contribution in [1.82, 2.24) is 19.8 Å². The fourth-order valence-corrected chi connectivity index (χ4v) is 6.01. The molecule has 0 radical (unpaired) electrons. The van der Waals surface area contributed by atoms with Crippen molar-refractivity contribution >= 4 is 23.3 Å². The van der Waals surface area contributed by atoms with Crippen molar-refractivity contribution < 1.29 is 9.53 Å². The summed E-state index contributed by atoms with van der Waals surface area (Å²) in [5.41, 5.74) is 6.13. The van der Waals surface area contributed by atoms with Gasteiger partial charge >= 0.3 is 5.97 Å². The van der Waals surface area contributed by atoms with Crippen molar-refractivity contribution in [3.63, 3.8) is 0 Å². The van der Waals surface area contributed by atoms with E-state index in [9.17, 15) is 4.79 Å². The quantitative estimate of drug-likeness (QED) is 0.406. The lowest BCUT2D eigenvalue weighted by Gasteiger charge is -2.33. The normalized spacial score (nSPS) is 20.6. The summed E-state index contributed by atoms with van der Waals surface area (Å²) in [4.78, 5) is 19.0. The van der Waals surface area contributed by atoms with Crippen molar-refractivity contribution in [3.8, 4) is 5.69 Å². The molecular weight excluding hydrogens is 444 g/mol. The van der Waals surface area contributed by atoms with Crippen LogP contribution in [0.15, 0.2) is 54.7 Å². The first kappa shape index (κ1) is 22.6. The molecule has 0 bridgehead atoms. The van der Waals surface area contributed by atoms with Crippen LogP contribution in [0.5, 0.6) is 0 Å². The number of carbonyl (C=O) groups excluding carboxylic acids is 1. The van der Waals surface area contributed by atoms with Gasteiger partial charge in [-0.05, 0) is 86.9 Å². The van der Waals surface area contributed by atoms with Crippen LogP contribution in [-0.2, 0) is 4.74 Å². The maximum atomic E-state index is 11.9. The second-order valence-corrected chi connectivity index (χ2v) is 9.56. The van der Waals surface area contributed by atoms with E-state index in [0.717, 1.165) is 22.2 Å². The van der Waals surface area contributed by atoms with Crippen molar-refractivity contribution in [2.75, 3.05) is 7.11 Å². The van der Waals surface area contributed by atoms with E-state index in [1.54, 1.807) is 0 Å². The lowest BCUT2D eigenvalue weighted by atomic mass is 9.95. The summed E-state index contributed by atoms with van der Waals surface area (Å²) in [5, 5.41) is 4.42. The monoisotopic (exact) mass is 474 g/mol. The minimum atomic E-state index is -0.330. The zero-order chi connectivity index (χ0) is 23.8. The van der Waals surface area contributed by atoms with Crippen molar-refractivity contribution in [2.45, 2.75) is 57.7 Å². The van der Waals surface area contributed by atoms with Gasteiger partial charge in [0.15, 0.2) is 5.11 Å². The number of ether oxygens (including phenoxy) is 1. The number of thiocarbonyl (C=S) groups is 1. The smallest absolute Gasteiger partial charge is 0.337 e. The number of pyridine rings is 1. The zero-order valence-electron chi connectivity index (χ0n) is 19.8. The summed E-state index contributed by atoms with van der Waals surface area (Å²) in [6.07, 6.45) is 6.68. The predicted octanol–water partition coefficient (Wildman–Crippen LogP) is 5.19. The molecule has 1 saturated heterocycles. The van der Waals surface area contributed by atoms with E-state index >= 15 is 0 Å². The molecule has 2 aromatic heterocycles. The number of aryl methyl sites for hydroxylation is 1. The van der Waals surface area contributed by atoms with E-state index in [4.69, 9.17) is 17.0 Å². The molecule has 2 aliphatic rings. The molecule has 6 nitrogen and oxygen atoms in total. The second kappa shape index (κ2) is 9.22. The number of nitrogens with one attached hydrogen (secondary N) is 1. The molecule has 1 aliphatic heterocycles. The van der Waals surface area contributed by atoms with Crippen molar-refractivity contribution in [2.24, 2.45) is 0 Å². The molecule has 34 heavy (non-hydrogen) atoms. The van der Waals surface area contributed by atoms with Gasteiger partial charge in [-0.25, -0.2) is 4.79 Å². The van der Waals surface area contributed by atoms with Crippen molar-refractivity contribution in [1.29, 1.82) is 0 Å². The van der Waals surface area contributed by atoms with Crippen LogP contribution in [0.2, 0.25) is 0 Å². The van der Waals surface area contributed by atoms with Gasteiger partial charge in [-0.2, -0.15) is 0 Å². The Labute approximate surface area is 205 Å². The van der Waals surface area contributed by atoms with Crippen LogP contribution >= 0.6 is 12.2 Å². The van der Waals surface area contributed by atoms with E-state index in [-0.39, 0.29) is 18.1 Å². The third-order valence-corrected chi connectivity index (χ3v) is 7.52. The van der Waals surface area contributed by atoms with E-state index in [1.165, 1.54) is 44.1 Å². The number of carbonyl (C=O) groups is 1. The first-order valence-corrected chi connectivity index (χ1v) is 12.3. The molecule has 1 aliphatic carbocycles. The number of rotatable bonds is 5.